The highest BCUT2D eigenvalue weighted by Gasteiger charge is 2.54. The fourth-order valence-corrected chi connectivity index (χ4v) is 6.39. The highest BCUT2D eigenvalue weighted by Crippen LogP contribution is 2.44. The highest BCUT2D eigenvalue weighted by molar-refractivity contribution is 6.32. The van der Waals surface area contributed by atoms with E-state index in [4.69, 9.17) is 23.2 Å². The summed E-state index contributed by atoms with van der Waals surface area (Å²) in [6, 6.07) is 2.93. The van der Waals surface area contributed by atoms with Gasteiger partial charge in [0.1, 0.15) is 29.5 Å². The van der Waals surface area contributed by atoms with Crippen molar-refractivity contribution < 1.29 is 31.9 Å². The predicted octanol–water partition coefficient (Wildman–Crippen LogP) is 5.35. The lowest BCUT2D eigenvalue weighted by Gasteiger charge is -2.46. The van der Waals surface area contributed by atoms with Crippen LogP contribution in [-0.2, 0) is 14.4 Å². The molecule has 2 heterocycles. The molecule has 2 aliphatic carbocycles. The van der Waals surface area contributed by atoms with Crippen molar-refractivity contribution in [3.63, 3.8) is 0 Å². The van der Waals surface area contributed by atoms with E-state index < -0.39 is 77.0 Å². The van der Waals surface area contributed by atoms with Gasteiger partial charge in [-0.25, -0.2) is 22.5 Å². The van der Waals surface area contributed by atoms with Crippen LogP contribution < -0.4 is 15.1 Å². The van der Waals surface area contributed by atoms with E-state index in [0.717, 1.165) is 21.9 Å². The van der Waals surface area contributed by atoms with Crippen molar-refractivity contribution in [2.45, 2.75) is 62.0 Å². The van der Waals surface area contributed by atoms with Gasteiger partial charge in [0.2, 0.25) is 11.8 Å². The van der Waals surface area contributed by atoms with Crippen LogP contribution in [0.5, 0.6) is 0 Å². The number of nitrogens with zero attached hydrogens (tertiary/aromatic N) is 4. The second-order valence-electron chi connectivity index (χ2n) is 11.2. The molecule has 1 aromatic carbocycles. The van der Waals surface area contributed by atoms with Gasteiger partial charge in [-0.3, -0.25) is 24.2 Å². The number of anilines is 2. The van der Waals surface area contributed by atoms with Gasteiger partial charge < -0.3 is 5.32 Å². The van der Waals surface area contributed by atoms with E-state index >= 15 is 0 Å². The van der Waals surface area contributed by atoms with E-state index in [9.17, 15) is 37.2 Å². The number of amides is 3. The van der Waals surface area contributed by atoms with Crippen LogP contribution in [0.2, 0.25) is 0 Å². The average molecular weight is 650 g/mol. The number of aromatic nitrogens is 1. The van der Waals surface area contributed by atoms with E-state index in [1.54, 1.807) is 0 Å². The maximum absolute atomic E-state index is 14.7. The Bertz CT molecular complexity index is 1600. The summed E-state index contributed by atoms with van der Waals surface area (Å²) in [6.07, 6.45) is 4.18. The highest BCUT2D eigenvalue weighted by atomic mass is 35.5. The molecule has 0 spiro atoms. The molecule has 2 unspecified atom stereocenters. The van der Waals surface area contributed by atoms with Gasteiger partial charge in [0.05, 0.1) is 22.7 Å². The molecule has 44 heavy (non-hydrogen) atoms. The average Bonchev–Trinajstić information content (AvgIpc) is 3.33. The van der Waals surface area contributed by atoms with Gasteiger partial charge in [-0.15, -0.1) is 11.6 Å². The number of alkyl halides is 3. The molecule has 1 N–H and O–H groups in total. The molecular weight excluding hydrogens is 625 g/mol. The first kappa shape index (κ1) is 31.5. The van der Waals surface area contributed by atoms with Gasteiger partial charge >= 0.3 is 0 Å². The first-order chi connectivity index (χ1) is 20.7. The number of benzene rings is 1. The number of carbonyl (C=O) groups is 3. The van der Waals surface area contributed by atoms with E-state index in [-0.39, 0.29) is 34.9 Å². The first-order valence-electron chi connectivity index (χ1n) is 13.6. The number of hydrogen-bond acceptors (Lipinski definition) is 5. The van der Waals surface area contributed by atoms with Crippen LogP contribution in [0.3, 0.4) is 0 Å². The minimum Gasteiger partial charge on any atom is -0.351 e. The zero-order valence-electron chi connectivity index (χ0n) is 23.1. The fraction of sp³-hybridized carbons (Fsp3) is 0.367. The number of halogens is 6. The lowest BCUT2D eigenvalue weighted by atomic mass is 9.74. The van der Waals surface area contributed by atoms with Crippen molar-refractivity contribution in [1.29, 1.82) is 5.26 Å². The quantitative estimate of drug-likeness (QED) is 0.322. The Morgan fingerprint density at radius 3 is 2.52 bits per heavy atom. The molecule has 8 nitrogen and oxygen atoms in total. The maximum atomic E-state index is 14.7. The third-order valence-corrected chi connectivity index (χ3v) is 8.83. The standard InChI is InChI=1S/C30H25Cl2F4N5O3/c1-29(12-17(31)2-4-23(29)32)26(27(43)39-20-13-30(35,36)14-20)40(21-10-18(33)9-19(34)11-21)28(44)22-3-5-25(42)41(22)24-8-16(15-37)6-7-38-24/h2,4,6-12,20,22-23,26H,3,5,13-14H2,1H3,(H,39,43)/t22-,23?,26+,29?/m0/s1. The smallest absolute Gasteiger partial charge is 0.252 e. The lowest BCUT2D eigenvalue weighted by Crippen LogP contribution is -2.65. The minimum absolute atomic E-state index is 0.0158. The summed E-state index contributed by atoms with van der Waals surface area (Å²) in [6.45, 7) is 1.50. The second-order valence-corrected chi connectivity index (χ2v) is 12.1. The first-order valence-corrected chi connectivity index (χ1v) is 14.4. The van der Waals surface area contributed by atoms with Crippen LogP contribution in [0, 0.1) is 28.4 Å². The summed E-state index contributed by atoms with van der Waals surface area (Å²) in [5.41, 5.74) is -1.77. The Morgan fingerprint density at radius 2 is 1.89 bits per heavy atom. The van der Waals surface area contributed by atoms with E-state index in [2.05, 4.69) is 10.3 Å². The summed E-state index contributed by atoms with van der Waals surface area (Å²) >= 11 is 13.0. The van der Waals surface area contributed by atoms with Gasteiger partial charge in [0.25, 0.3) is 11.8 Å². The third-order valence-electron chi connectivity index (χ3n) is 7.98. The molecule has 3 aliphatic rings. The van der Waals surface area contributed by atoms with Gasteiger partial charge in [0.15, 0.2) is 0 Å². The molecule has 2 fully saturated rings. The zero-order valence-corrected chi connectivity index (χ0v) is 24.6. The summed E-state index contributed by atoms with van der Waals surface area (Å²) in [4.78, 5) is 47.9. The lowest BCUT2D eigenvalue weighted by molar-refractivity contribution is -0.134. The largest absolute Gasteiger partial charge is 0.351 e. The van der Waals surface area contributed by atoms with Crippen molar-refractivity contribution in [3.05, 3.63) is 77.0 Å². The summed E-state index contributed by atoms with van der Waals surface area (Å²) in [5.74, 6) is -7.50. The number of pyridine rings is 1. The SMILES string of the molecule is CC1([C@@H](C(=O)NC2CC(F)(F)C2)N(C(=O)[C@@H]2CCC(=O)N2c2cc(C#N)ccn2)c2cc(F)cc(F)c2)C=C(Cl)C=CC1Cl. The molecule has 0 bridgehead atoms. The molecule has 1 saturated carbocycles. The van der Waals surface area contributed by atoms with Gasteiger partial charge in [-0.1, -0.05) is 30.7 Å². The normalized spacial score (nSPS) is 25.1. The molecule has 230 valence electrons. The Hall–Kier alpha value is -3.95. The van der Waals surface area contributed by atoms with Crippen LogP contribution in [0.25, 0.3) is 0 Å². The molecular formula is C30H25Cl2F4N5O3. The van der Waals surface area contributed by atoms with Crippen LogP contribution in [-0.4, -0.2) is 52.1 Å². The molecule has 1 saturated heterocycles. The number of hydrogen-bond donors (Lipinski definition) is 1. The van der Waals surface area contributed by atoms with Crippen LogP contribution in [0.1, 0.15) is 38.2 Å². The van der Waals surface area contributed by atoms with Gasteiger partial charge in [0, 0.05) is 48.0 Å². The topological polar surface area (TPSA) is 106 Å². The molecule has 1 aromatic heterocycles. The minimum atomic E-state index is -2.99. The molecule has 14 heteroatoms. The molecule has 4 atom stereocenters. The van der Waals surface area contributed by atoms with Crippen molar-refractivity contribution in [2.24, 2.45) is 5.41 Å². The molecule has 3 amide bonds. The van der Waals surface area contributed by atoms with Gasteiger partial charge in [-0.2, -0.15) is 5.26 Å². The monoisotopic (exact) mass is 649 g/mol. The summed E-state index contributed by atoms with van der Waals surface area (Å²) < 4.78 is 56.8. The van der Waals surface area contributed by atoms with Crippen molar-refractivity contribution in [3.8, 4) is 6.07 Å². The number of nitriles is 1. The van der Waals surface area contributed by atoms with E-state index in [1.807, 2.05) is 6.07 Å². The van der Waals surface area contributed by atoms with Crippen LogP contribution >= 0.6 is 23.2 Å². The Kier molecular flexibility index (Phi) is 8.48. The van der Waals surface area contributed by atoms with Crippen LogP contribution in [0.15, 0.2) is 59.8 Å². The van der Waals surface area contributed by atoms with Crippen molar-refractivity contribution >= 4 is 52.4 Å². The predicted molar refractivity (Wildman–Crippen MR) is 154 cm³/mol. The zero-order chi connectivity index (χ0) is 32.0. The van der Waals surface area contributed by atoms with Crippen molar-refractivity contribution in [1.82, 2.24) is 10.3 Å². The van der Waals surface area contributed by atoms with Crippen molar-refractivity contribution in [2.75, 3.05) is 9.80 Å². The number of rotatable bonds is 7. The van der Waals surface area contributed by atoms with E-state index in [0.29, 0.717) is 6.07 Å². The Labute approximate surface area is 259 Å². The van der Waals surface area contributed by atoms with E-state index in [1.165, 1.54) is 43.5 Å². The third kappa shape index (κ3) is 6.03. The molecule has 2 aromatic rings. The Morgan fingerprint density at radius 1 is 1.20 bits per heavy atom. The summed E-state index contributed by atoms with van der Waals surface area (Å²) in [7, 11) is 0. The Balaban J connectivity index is 1.66. The second kappa shape index (κ2) is 11.9. The number of nitrogens with one attached hydrogen (secondary N) is 1. The molecule has 0 radical (unpaired) electrons. The molecule has 1 aliphatic heterocycles. The molecule has 5 rings (SSSR count). The van der Waals surface area contributed by atoms with Crippen LogP contribution in [0.4, 0.5) is 29.1 Å². The number of allylic oxidation sites excluding steroid dienone is 3. The van der Waals surface area contributed by atoms with Gasteiger partial charge in [-0.05, 0) is 36.8 Å². The number of carbonyl (C=O) groups excluding carboxylic acids is 3. The fourth-order valence-electron chi connectivity index (χ4n) is 5.83. The summed E-state index contributed by atoms with van der Waals surface area (Å²) in [5, 5.41) is 11.0. The maximum Gasteiger partial charge on any atom is 0.252 e.